The van der Waals surface area contributed by atoms with Crippen LogP contribution in [0, 0.1) is 0 Å². The lowest BCUT2D eigenvalue weighted by Gasteiger charge is -2.32. The molecule has 0 atom stereocenters. The third-order valence-electron chi connectivity index (χ3n) is 3.14. The van der Waals surface area contributed by atoms with Crippen molar-refractivity contribution in [1.82, 2.24) is 0 Å². The first-order chi connectivity index (χ1) is 8.07. The highest BCUT2D eigenvalue weighted by Gasteiger charge is 2.33. The zero-order valence-corrected chi connectivity index (χ0v) is 9.99. The first-order valence-corrected chi connectivity index (χ1v) is 5.81. The predicted molar refractivity (Wildman–Crippen MR) is 67.6 cm³/mol. The van der Waals surface area contributed by atoms with Crippen LogP contribution >= 0.6 is 0 Å². The molecule has 2 aromatic rings. The topological polar surface area (TPSA) is 26.3 Å². The number of carbonyl (C=O) groups excluding carboxylic acids is 1. The van der Waals surface area contributed by atoms with E-state index < -0.39 is 5.60 Å². The van der Waals surface area contributed by atoms with Crippen molar-refractivity contribution in [1.29, 1.82) is 0 Å². The van der Waals surface area contributed by atoms with E-state index in [-0.39, 0.29) is 5.78 Å². The fraction of sp³-hybridized carbons (Fsp3) is 0.267. The molecular formula is C15H14O2. The molecule has 2 heteroatoms. The molecule has 0 radical (unpaired) electrons. The number of ketones is 1. The molecule has 0 amide bonds. The van der Waals surface area contributed by atoms with E-state index in [0.29, 0.717) is 12.2 Å². The first-order valence-electron chi connectivity index (χ1n) is 5.81. The van der Waals surface area contributed by atoms with Crippen LogP contribution < -0.4 is 4.74 Å². The number of Topliss-reactive ketones (excluding diaryl/α,β-unsaturated/α-hetero) is 1. The van der Waals surface area contributed by atoms with Gasteiger partial charge in [-0.3, -0.25) is 4.79 Å². The van der Waals surface area contributed by atoms with E-state index in [1.54, 1.807) is 0 Å². The Hall–Kier alpha value is -1.83. The Morgan fingerprint density at radius 1 is 1.12 bits per heavy atom. The summed E-state index contributed by atoms with van der Waals surface area (Å²) in [6, 6.07) is 11.8. The Morgan fingerprint density at radius 2 is 1.88 bits per heavy atom. The smallest absolute Gasteiger partial charge is 0.171 e. The van der Waals surface area contributed by atoms with Crippen LogP contribution in [-0.4, -0.2) is 11.4 Å². The number of carbonyl (C=O) groups is 1. The third kappa shape index (κ3) is 1.60. The number of benzene rings is 2. The van der Waals surface area contributed by atoms with Gasteiger partial charge in [0.25, 0.3) is 0 Å². The van der Waals surface area contributed by atoms with Crippen molar-refractivity contribution in [3.63, 3.8) is 0 Å². The Morgan fingerprint density at radius 3 is 2.71 bits per heavy atom. The molecule has 1 heterocycles. The molecule has 0 saturated heterocycles. The molecule has 0 spiro atoms. The average Bonchev–Trinajstić information content (AvgIpc) is 2.26. The van der Waals surface area contributed by atoms with Crippen molar-refractivity contribution in [2.75, 3.05) is 0 Å². The van der Waals surface area contributed by atoms with E-state index in [2.05, 4.69) is 0 Å². The normalized spacial score (nSPS) is 17.6. The summed E-state index contributed by atoms with van der Waals surface area (Å²) in [6.07, 6.45) is 0.438. The maximum absolute atomic E-state index is 12.2. The fourth-order valence-electron chi connectivity index (χ4n) is 2.43. The van der Waals surface area contributed by atoms with E-state index in [4.69, 9.17) is 4.74 Å². The van der Waals surface area contributed by atoms with E-state index in [1.165, 1.54) is 0 Å². The van der Waals surface area contributed by atoms with E-state index in [1.807, 2.05) is 50.2 Å². The number of ether oxygens (including phenoxy) is 1. The van der Waals surface area contributed by atoms with Gasteiger partial charge in [-0.2, -0.15) is 0 Å². The molecule has 1 aliphatic heterocycles. The van der Waals surface area contributed by atoms with Gasteiger partial charge < -0.3 is 4.74 Å². The molecule has 0 unspecified atom stereocenters. The second kappa shape index (κ2) is 3.33. The van der Waals surface area contributed by atoms with Crippen LogP contribution in [-0.2, 0) is 0 Å². The monoisotopic (exact) mass is 226 g/mol. The summed E-state index contributed by atoms with van der Waals surface area (Å²) in [5.41, 5.74) is 0.342. The van der Waals surface area contributed by atoms with Crippen molar-refractivity contribution in [2.45, 2.75) is 25.9 Å². The summed E-state index contributed by atoms with van der Waals surface area (Å²) in [5, 5.41) is 2.08. The van der Waals surface area contributed by atoms with Crippen LogP contribution in [0.5, 0.6) is 5.75 Å². The van der Waals surface area contributed by atoms with Gasteiger partial charge in [0, 0.05) is 0 Å². The summed E-state index contributed by atoms with van der Waals surface area (Å²) in [5.74, 6) is 0.887. The number of rotatable bonds is 0. The summed E-state index contributed by atoms with van der Waals surface area (Å²) in [7, 11) is 0. The molecule has 3 rings (SSSR count). The summed E-state index contributed by atoms with van der Waals surface area (Å²) in [4.78, 5) is 12.2. The van der Waals surface area contributed by atoms with Gasteiger partial charge >= 0.3 is 0 Å². The van der Waals surface area contributed by atoms with Crippen molar-refractivity contribution in [3.05, 3.63) is 42.0 Å². The lowest BCUT2D eigenvalue weighted by Crippen LogP contribution is -2.35. The molecule has 2 aromatic carbocycles. The molecule has 0 bridgehead atoms. The van der Waals surface area contributed by atoms with Gasteiger partial charge in [-0.25, -0.2) is 0 Å². The van der Waals surface area contributed by atoms with Crippen LogP contribution in [0.3, 0.4) is 0 Å². The van der Waals surface area contributed by atoms with E-state index in [0.717, 1.165) is 16.3 Å². The molecular weight excluding hydrogens is 212 g/mol. The third-order valence-corrected chi connectivity index (χ3v) is 3.14. The molecule has 0 N–H and O–H groups in total. The van der Waals surface area contributed by atoms with Crippen molar-refractivity contribution < 1.29 is 9.53 Å². The van der Waals surface area contributed by atoms with Crippen LogP contribution in [0.25, 0.3) is 10.8 Å². The Kier molecular flexibility index (Phi) is 2.02. The number of fused-ring (bicyclic) bond motifs is 3. The fourth-order valence-corrected chi connectivity index (χ4v) is 2.43. The molecule has 0 fully saturated rings. The molecule has 0 saturated carbocycles. The Balaban J connectivity index is 2.31. The van der Waals surface area contributed by atoms with Crippen molar-refractivity contribution in [2.24, 2.45) is 0 Å². The second-order valence-corrected chi connectivity index (χ2v) is 5.12. The molecule has 0 aliphatic carbocycles. The lowest BCUT2D eigenvalue weighted by molar-refractivity contribution is 0.0624. The molecule has 2 nitrogen and oxygen atoms in total. The maximum atomic E-state index is 12.2. The molecule has 1 aliphatic rings. The summed E-state index contributed by atoms with van der Waals surface area (Å²) < 4.78 is 5.88. The molecule has 17 heavy (non-hydrogen) atoms. The highest BCUT2D eigenvalue weighted by molar-refractivity contribution is 6.11. The van der Waals surface area contributed by atoms with Gasteiger partial charge in [0.15, 0.2) is 5.78 Å². The van der Waals surface area contributed by atoms with Crippen LogP contribution in [0.15, 0.2) is 36.4 Å². The maximum Gasteiger partial charge on any atom is 0.171 e. The van der Waals surface area contributed by atoms with Crippen molar-refractivity contribution in [3.8, 4) is 5.75 Å². The van der Waals surface area contributed by atoms with Crippen LogP contribution in [0.4, 0.5) is 0 Å². The molecule has 86 valence electrons. The zero-order chi connectivity index (χ0) is 12.0. The number of hydrogen-bond acceptors (Lipinski definition) is 2. The van der Waals surface area contributed by atoms with E-state index in [9.17, 15) is 4.79 Å². The second-order valence-electron chi connectivity index (χ2n) is 5.12. The quantitative estimate of drug-likeness (QED) is 0.686. The minimum absolute atomic E-state index is 0.174. The molecule has 0 aromatic heterocycles. The van der Waals surface area contributed by atoms with Crippen LogP contribution in [0.1, 0.15) is 30.6 Å². The average molecular weight is 226 g/mol. The lowest BCUT2D eigenvalue weighted by atomic mass is 9.90. The van der Waals surface area contributed by atoms with Gasteiger partial charge in [-0.05, 0) is 30.7 Å². The van der Waals surface area contributed by atoms with Gasteiger partial charge in [0.2, 0.25) is 0 Å². The highest BCUT2D eigenvalue weighted by Crippen LogP contribution is 2.37. The zero-order valence-electron chi connectivity index (χ0n) is 9.99. The van der Waals surface area contributed by atoms with Crippen LogP contribution in [0.2, 0.25) is 0 Å². The number of hydrogen-bond donors (Lipinski definition) is 0. The SMILES string of the molecule is CC1(C)CC(=O)c2c(ccc3ccccc23)O1. The summed E-state index contributed by atoms with van der Waals surface area (Å²) >= 11 is 0. The Labute approximate surface area is 100 Å². The predicted octanol–water partition coefficient (Wildman–Crippen LogP) is 3.58. The first kappa shape index (κ1) is 10.3. The van der Waals surface area contributed by atoms with Gasteiger partial charge in [-0.1, -0.05) is 30.3 Å². The van der Waals surface area contributed by atoms with Gasteiger partial charge in [-0.15, -0.1) is 0 Å². The highest BCUT2D eigenvalue weighted by atomic mass is 16.5. The standard InChI is InChI=1S/C15H14O2/c1-15(2)9-12(16)14-11-6-4-3-5-10(11)7-8-13(14)17-15/h3-8H,9H2,1-2H3. The Bertz CT molecular complexity index is 611. The van der Waals surface area contributed by atoms with Crippen molar-refractivity contribution >= 4 is 16.6 Å². The largest absolute Gasteiger partial charge is 0.487 e. The van der Waals surface area contributed by atoms with Gasteiger partial charge in [0.05, 0.1) is 12.0 Å². The van der Waals surface area contributed by atoms with Gasteiger partial charge in [0.1, 0.15) is 11.4 Å². The van der Waals surface area contributed by atoms with E-state index >= 15 is 0 Å². The minimum Gasteiger partial charge on any atom is -0.487 e. The minimum atomic E-state index is -0.396. The summed E-state index contributed by atoms with van der Waals surface area (Å²) in [6.45, 7) is 3.89.